The molecule has 0 radical (unpaired) electrons. The first-order valence-electron chi connectivity index (χ1n) is 1.94. The summed E-state index contributed by atoms with van der Waals surface area (Å²) in [5, 5.41) is 15.9. The van der Waals surface area contributed by atoms with Gasteiger partial charge < -0.3 is 10.2 Å². The third-order valence-corrected chi connectivity index (χ3v) is 1.44. The second kappa shape index (κ2) is 2.67. The molecule has 0 heterocycles. The molecular formula is C3H4O6S. The number of rotatable bonds is 2. The van der Waals surface area contributed by atoms with Gasteiger partial charge in [0.05, 0.1) is 0 Å². The third-order valence-electron chi connectivity index (χ3n) is 0.606. The topological polar surface area (TPSA) is 112 Å². The molecule has 0 fully saturated rings. The molecule has 0 aliphatic carbocycles. The van der Waals surface area contributed by atoms with Crippen LogP contribution in [0.15, 0.2) is 11.2 Å². The zero-order valence-corrected chi connectivity index (χ0v) is 5.37. The van der Waals surface area contributed by atoms with Crippen LogP contribution < -0.4 is 0 Å². The Morgan fingerprint density at radius 3 is 1.80 bits per heavy atom. The average Bonchev–Trinajstić information content (AvgIpc) is 1.60. The minimum absolute atomic E-state index is 0.197. The molecule has 7 heteroatoms. The number of carboxylic acids is 1. The standard InChI is InChI=1S/C3H4O6S/c4-1-2(3(5)6)10(7,8)9/h1,4H,(H,5,6)(H,7,8,9). The van der Waals surface area contributed by atoms with E-state index in [0.717, 1.165) is 0 Å². The molecule has 0 saturated heterocycles. The first-order valence-corrected chi connectivity index (χ1v) is 3.38. The van der Waals surface area contributed by atoms with Crippen molar-refractivity contribution in [2.75, 3.05) is 0 Å². The lowest BCUT2D eigenvalue weighted by Gasteiger charge is -1.92. The number of carboxylic acid groups (broad SMARTS) is 1. The van der Waals surface area contributed by atoms with Gasteiger partial charge in [0.2, 0.25) is 4.91 Å². The smallest absolute Gasteiger partial charge is 0.353 e. The average molecular weight is 168 g/mol. The van der Waals surface area contributed by atoms with Crippen molar-refractivity contribution in [1.29, 1.82) is 0 Å². The van der Waals surface area contributed by atoms with Crippen LogP contribution in [0, 0.1) is 0 Å². The van der Waals surface area contributed by atoms with Crippen molar-refractivity contribution in [3.05, 3.63) is 11.2 Å². The van der Waals surface area contributed by atoms with Crippen molar-refractivity contribution in [2.24, 2.45) is 0 Å². The summed E-state index contributed by atoms with van der Waals surface area (Å²) in [7, 11) is -4.80. The highest BCUT2D eigenvalue weighted by Gasteiger charge is 2.21. The first kappa shape index (κ1) is 8.92. The predicted molar refractivity (Wildman–Crippen MR) is 29.9 cm³/mol. The van der Waals surface area contributed by atoms with Gasteiger partial charge in [0.1, 0.15) is 6.26 Å². The van der Waals surface area contributed by atoms with Crippen LogP contribution in [-0.2, 0) is 14.9 Å². The van der Waals surface area contributed by atoms with Crippen molar-refractivity contribution < 1.29 is 28.0 Å². The molecule has 0 aromatic heterocycles. The second-order valence-corrected chi connectivity index (χ2v) is 2.66. The van der Waals surface area contributed by atoms with E-state index in [0.29, 0.717) is 0 Å². The summed E-state index contributed by atoms with van der Waals surface area (Å²) in [5.74, 6) is -1.91. The van der Waals surface area contributed by atoms with Gasteiger partial charge in [-0.15, -0.1) is 0 Å². The highest BCUT2D eigenvalue weighted by atomic mass is 32.2. The van der Waals surface area contributed by atoms with Gasteiger partial charge in [-0.1, -0.05) is 0 Å². The van der Waals surface area contributed by atoms with E-state index in [1.165, 1.54) is 0 Å². The highest BCUT2D eigenvalue weighted by Crippen LogP contribution is 2.01. The van der Waals surface area contributed by atoms with Crippen LogP contribution in [-0.4, -0.2) is 29.2 Å². The molecule has 0 atom stereocenters. The SMILES string of the molecule is O=C(O)C(=CO)S(=O)(=O)O. The van der Waals surface area contributed by atoms with Gasteiger partial charge in [0, 0.05) is 0 Å². The Labute approximate surface area is 56.2 Å². The van der Waals surface area contributed by atoms with Gasteiger partial charge in [-0.25, -0.2) is 4.79 Å². The summed E-state index contributed by atoms with van der Waals surface area (Å²) in [6.07, 6.45) is -0.197. The van der Waals surface area contributed by atoms with Crippen LogP contribution in [0.2, 0.25) is 0 Å². The molecule has 3 N–H and O–H groups in total. The Morgan fingerprint density at radius 1 is 1.40 bits per heavy atom. The van der Waals surface area contributed by atoms with Crippen LogP contribution in [0.3, 0.4) is 0 Å². The first-order chi connectivity index (χ1) is 4.39. The molecule has 0 spiro atoms. The third kappa shape index (κ3) is 2.03. The van der Waals surface area contributed by atoms with E-state index < -0.39 is 21.0 Å². The molecular weight excluding hydrogens is 164 g/mol. The fourth-order valence-electron chi connectivity index (χ4n) is 0.232. The van der Waals surface area contributed by atoms with Gasteiger partial charge in [0.25, 0.3) is 0 Å². The maximum Gasteiger partial charge on any atom is 0.353 e. The van der Waals surface area contributed by atoms with Crippen molar-refractivity contribution in [3.63, 3.8) is 0 Å². The molecule has 58 valence electrons. The van der Waals surface area contributed by atoms with Crippen molar-refractivity contribution in [1.82, 2.24) is 0 Å². The molecule has 6 nitrogen and oxygen atoms in total. The van der Waals surface area contributed by atoms with Crippen LogP contribution in [0.5, 0.6) is 0 Å². The van der Waals surface area contributed by atoms with Crippen LogP contribution in [0.25, 0.3) is 0 Å². The van der Waals surface area contributed by atoms with Crippen LogP contribution >= 0.6 is 0 Å². The van der Waals surface area contributed by atoms with E-state index in [1.54, 1.807) is 0 Å². The fourth-order valence-corrected chi connectivity index (χ4v) is 0.586. The number of aliphatic carboxylic acids is 1. The fraction of sp³-hybridized carbons (Fsp3) is 0. The number of aliphatic hydroxyl groups excluding tert-OH is 1. The van der Waals surface area contributed by atoms with E-state index in [1.807, 2.05) is 0 Å². The lowest BCUT2D eigenvalue weighted by molar-refractivity contribution is -0.132. The lowest BCUT2D eigenvalue weighted by Crippen LogP contribution is -2.11. The lowest BCUT2D eigenvalue weighted by atomic mass is 10.6. The van der Waals surface area contributed by atoms with E-state index in [4.69, 9.17) is 14.8 Å². The molecule has 0 unspecified atom stereocenters. The Hall–Kier alpha value is -1.08. The molecule has 0 aliphatic heterocycles. The molecule has 0 aromatic carbocycles. The molecule has 0 bridgehead atoms. The summed E-state index contributed by atoms with van der Waals surface area (Å²) < 4.78 is 27.9. The minimum atomic E-state index is -4.80. The summed E-state index contributed by atoms with van der Waals surface area (Å²) >= 11 is 0. The van der Waals surface area contributed by atoms with E-state index in [9.17, 15) is 13.2 Å². The predicted octanol–water partition coefficient (Wildman–Crippen LogP) is -0.642. The molecule has 10 heavy (non-hydrogen) atoms. The summed E-state index contributed by atoms with van der Waals surface area (Å²) in [6, 6.07) is 0. The molecule has 0 aromatic rings. The van der Waals surface area contributed by atoms with Gasteiger partial charge in [0.15, 0.2) is 0 Å². The van der Waals surface area contributed by atoms with E-state index in [-0.39, 0.29) is 6.26 Å². The van der Waals surface area contributed by atoms with Gasteiger partial charge >= 0.3 is 16.1 Å². The zero-order valence-electron chi connectivity index (χ0n) is 4.55. The van der Waals surface area contributed by atoms with Gasteiger partial charge in [-0.2, -0.15) is 8.42 Å². The summed E-state index contributed by atoms with van der Waals surface area (Å²) in [5.41, 5.74) is 0. The van der Waals surface area contributed by atoms with Crippen LogP contribution in [0.4, 0.5) is 0 Å². The minimum Gasteiger partial charge on any atom is -0.514 e. The van der Waals surface area contributed by atoms with Crippen molar-refractivity contribution in [3.8, 4) is 0 Å². The van der Waals surface area contributed by atoms with Gasteiger partial charge in [-0.3, -0.25) is 4.55 Å². The molecule has 0 rings (SSSR count). The van der Waals surface area contributed by atoms with E-state index >= 15 is 0 Å². The maximum atomic E-state index is 9.95. The molecule has 0 aliphatic rings. The quantitative estimate of drug-likeness (QED) is 0.287. The zero-order chi connectivity index (χ0) is 8.36. The largest absolute Gasteiger partial charge is 0.514 e. The Kier molecular flexibility index (Phi) is 2.38. The number of hydrogen-bond donors (Lipinski definition) is 3. The molecule has 0 saturated carbocycles. The van der Waals surface area contributed by atoms with Crippen LogP contribution in [0.1, 0.15) is 0 Å². The summed E-state index contributed by atoms with van der Waals surface area (Å²) in [6.45, 7) is 0. The summed E-state index contributed by atoms with van der Waals surface area (Å²) in [4.78, 5) is 8.36. The van der Waals surface area contributed by atoms with Crippen molar-refractivity contribution >= 4 is 16.1 Å². The maximum absolute atomic E-state index is 9.95. The number of aliphatic hydroxyl groups is 1. The Morgan fingerprint density at radius 2 is 1.80 bits per heavy atom. The normalized spacial score (nSPS) is 13.1. The number of hydrogen-bond acceptors (Lipinski definition) is 4. The highest BCUT2D eigenvalue weighted by molar-refractivity contribution is 7.90. The monoisotopic (exact) mass is 168 g/mol. The van der Waals surface area contributed by atoms with Gasteiger partial charge in [-0.05, 0) is 0 Å². The van der Waals surface area contributed by atoms with Crippen molar-refractivity contribution in [2.45, 2.75) is 0 Å². The molecule has 0 amide bonds. The Bertz CT molecular complexity index is 259. The van der Waals surface area contributed by atoms with E-state index in [2.05, 4.69) is 0 Å². The Balaban J connectivity index is 4.95. The number of carbonyl (C=O) groups is 1. The second-order valence-electron chi connectivity index (χ2n) is 1.27.